The number of fused-ring (bicyclic) bond motifs is 1. The first-order valence-electron chi connectivity index (χ1n) is 11.9. The van der Waals surface area contributed by atoms with Crippen LogP contribution in [0.2, 0.25) is 5.02 Å². The second-order valence-corrected chi connectivity index (χ2v) is 9.52. The third-order valence-electron chi connectivity index (χ3n) is 6.78. The van der Waals surface area contributed by atoms with Gasteiger partial charge in [-0.25, -0.2) is 0 Å². The molecule has 2 aromatic carbocycles. The van der Waals surface area contributed by atoms with Crippen LogP contribution in [0.4, 0.5) is 0 Å². The van der Waals surface area contributed by atoms with Crippen molar-refractivity contribution in [3.8, 4) is 28.0 Å². The van der Waals surface area contributed by atoms with Crippen LogP contribution in [0.1, 0.15) is 6.42 Å². The molecule has 0 spiro atoms. The fraction of sp³-hybridized carbons (Fsp3) is 0.321. The van der Waals surface area contributed by atoms with Gasteiger partial charge in [0.15, 0.2) is 0 Å². The number of ether oxygens (including phenoxy) is 1. The minimum atomic E-state index is 0.753. The van der Waals surface area contributed by atoms with Gasteiger partial charge in [0, 0.05) is 83.9 Å². The Morgan fingerprint density at radius 2 is 1.65 bits per heavy atom. The Morgan fingerprint density at radius 3 is 2.41 bits per heavy atom. The molecule has 4 aromatic rings. The van der Waals surface area contributed by atoms with Crippen LogP contribution < -0.4 is 4.74 Å². The number of nitrogens with zero attached hydrogens (tertiary/aromatic N) is 4. The summed E-state index contributed by atoms with van der Waals surface area (Å²) in [6, 6.07) is 16.5. The lowest BCUT2D eigenvalue weighted by molar-refractivity contribution is 0.151. The zero-order valence-electron chi connectivity index (χ0n) is 19.9. The molecule has 2 aromatic heterocycles. The van der Waals surface area contributed by atoms with E-state index in [0.717, 1.165) is 73.2 Å². The monoisotopic (exact) mass is 474 g/mol. The molecule has 0 atom stereocenters. The SMILES string of the molecule is COc1ccc(-c2cncc(-c3cn(CCCN4CCN(C)CC4)c4ccc(Cl)cc34)c2)cc1. The number of rotatable bonds is 7. The fourth-order valence-corrected chi connectivity index (χ4v) is 4.92. The van der Waals surface area contributed by atoms with Crippen molar-refractivity contribution in [3.63, 3.8) is 0 Å². The number of likely N-dealkylation sites (N-methyl/N-ethyl adjacent to an activating group) is 1. The Morgan fingerprint density at radius 1 is 0.882 bits per heavy atom. The number of aromatic nitrogens is 2. The molecule has 1 aliphatic rings. The van der Waals surface area contributed by atoms with E-state index in [2.05, 4.69) is 62.9 Å². The smallest absolute Gasteiger partial charge is 0.118 e. The molecule has 0 radical (unpaired) electrons. The highest BCUT2D eigenvalue weighted by Gasteiger charge is 2.15. The highest BCUT2D eigenvalue weighted by Crippen LogP contribution is 2.34. The number of halogens is 1. The lowest BCUT2D eigenvalue weighted by Gasteiger charge is -2.32. The van der Waals surface area contributed by atoms with Gasteiger partial charge in [0.05, 0.1) is 7.11 Å². The molecule has 3 heterocycles. The maximum Gasteiger partial charge on any atom is 0.118 e. The average molecular weight is 475 g/mol. The molecule has 1 saturated heterocycles. The van der Waals surface area contributed by atoms with E-state index >= 15 is 0 Å². The van der Waals surface area contributed by atoms with Crippen molar-refractivity contribution in [1.29, 1.82) is 0 Å². The van der Waals surface area contributed by atoms with Gasteiger partial charge in [0.2, 0.25) is 0 Å². The Balaban J connectivity index is 1.41. The van der Waals surface area contributed by atoms with Crippen molar-refractivity contribution < 1.29 is 4.74 Å². The summed E-state index contributed by atoms with van der Waals surface area (Å²) in [6.45, 7) is 6.75. The fourth-order valence-electron chi connectivity index (χ4n) is 4.75. The van der Waals surface area contributed by atoms with Crippen molar-refractivity contribution in [2.24, 2.45) is 0 Å². The van der Waals surface area contributed by atoms with E-state index in [1.165, 1.54) is 16.5 Å². The zero-order valence-corrected chi connectivity index (χ0v) is 20.6. The van der Waals surface area contributed by atoms with Gasteiger partial charge in [-0.1, -0.05) is 23.7 Å². The molecule has 1 fully saturated rings. The maximum atomic E-state index is 6.41. The van der Waals surface area contributed by atoms with E-state index in [4.69, 9.17) is 16.3 Å². The van der Waals surface area contributed by atoms with E-state index in [1.807, 2.05) is 30.6 Å². The predicted molar refractivity (Wildman–Crippen MR) is 141 cm³/mol. The molecule has 0 unspecified atom stereocenters. The first kappa shape index (κ1) is 22.9. The summed E-state index contributed by atoms with van der Waals surface area (Å²) in [7, 11) is 3.89. The molecule has 1 aliphatic heterocycles. The maximum absolute atomic E-state index is 6.41. The molecular weight excluding hydrogens is 444 g/mol. The van der Waals surface area contributed by atoms with Crippen molar-refractivity contribution in [3.05, 3.63) is 72.1 Å². The average Bonchev–Trinajstić information content (AvgIpc) is 3.23. The van der Waals surface area contributed by atoms with E-state index in [-0.39, 0.29) is 0 Å². The van der Waals surface area contributed by atoms with Gasteiger partial charge >= 0.3 is 0 Å². The van der Waals surface area contributed by atoms with Gasteiger partial charge in [-0.05, 0) is 62.0 Å². The van der Waals surface area contributed by atoms with Gasteiger partial charge in [0.1, 0.15) is 5.75 Å². The van der Waals surface area contributed by atoms with E-state index < -0.39 is 0 Å². The summed E-state index contributed by atoms with van der Waals surface area (Å²) in [5, 5.41) is 1.92. The molecular formula is C28H31ClN4O. The van der Waals surface area contributed by atoms with Crippen LogP contribution in [0, 0.1) is 0 Å². The number of pyridine rings is 1. The number of benzene rings is 2. The molecule has 176 valence electrons. The van der Waals surface area contributed by atoms with Crippen molar-refractivity contribution >= 4 is 22.5 Å². The lowest BCUT2D eigenvalue weighted by Crippen LogP contribution is -2.44. The standard InChI is InChI=1S/C28H31ClN4O/c1-31-12-14-32(15-13-31)10-3-11-33-20-27(26-17-24(29)6-9-28(26)33)23-16-22(18-30-19-23)21-4-7-25(34-2)8-5-21/h4-9,16-20H,3,10-15H2,1-2H3. The largest absolute Gasteiger partial charge is 0.497 e. The number of methoxy groups -OCH3 is 1. The highest BCUT2D eigenvalue weighted by molar-refractivity contribution is 6.31. The summed E-state index contributed by atoms with van der Waals surface area (Å²) >= 11 is 6.41. The van der Waals surface area contributed by atoms with Crippen molar-refractivity contribution in [2.45, 2.75) is 13.0 Å². The number of hydrogen-bond acceptors (Lipinski definition) is 4. The number of aryl methyl sites for hydroxylation is 1. The summed E-state index contributed by atoms with van der Waals surface area (Å²) in [5.41, 5.74) is 5.67. The number of piperazine rings is 1. The lowest BCUT2D eigenvalue weighted by atomic mass is 10.0. The zero-order chi connectivity index (χ0) is 23.5. The van der Waals surface area contributed by atoms with Gasteiger partial charge in [-0.2, -0.15) is 0 Å². The summed E-state index contributed by atoms with van der Waals surface area (Å²) in [5.74, 6) is 0.849. The predicted octanol–water partition coefficient (Wildman–Crippen LogP) is 5.67. The molecule has 0 amide bonds. The Bertz CT molecular complexity index is 1260. The summed E-state index contributed by atoms with van der Waals surface area (Å²) in [6.07, 6.45) is 7.24. The topological polar surface area (TPSA) is 33.5 Å². The molecule has 5 rings (SSSR count). The van der Waals surface area contributed by atoms with Gasteiger partial charge < -0.3 is 19.1 Å². The van der Waals surface area contributed by atoms with Gasteiger partial charge in [0.25, 0.3) is 0 Å². The van der Waals surface area contributed by atoms with Crippen LogP contribution in [-0.2, 0) is 6.54 Å². The summed E-state index contributed by atoms with van der Waals surface area (Å²) in [4.78, 5) is 9.54. The van der Waals surface area contributed by atoms with Crippen LogP contribution in [0.3, 0.4) is 0 Å². The van der Waals surface area contributed by atoms with Crippen molar-refractivity contribution in [1.82, 2.24) is 19.4 Å². The van der Waals surface area contributed by atoms with Gasteiger partial charge in [-0.15, -0.1) is 0 Å². The first-order chi connectivity index (χ1) is 16.6. The second kappa shape index (κ2) is 10.2. The van der Waals surface area contributed by atoms with Crippen molar-refractivity contribution in [2.75, 3.05) is 46.9 Å². The number of hydrogen-bond donors (Lipinski definition) is 0. The van der Waals surface area contributed by atoms with Crippen LogP contribution in [0.25, 0.3) is 33.2 Å². The van der Waals surface area contributed by atoms with E-state index in [9.17, 15) is 0 Å². The second-order valence-electron chi connectivity index (χ2n) is 9.09. The quantitative estimate of drug-likeness (QED) is 0.345. The van der Waals surface area contributed by atoms with Crippen LogP contribution >= 0.6 is 11.6 Å². The highest BCUT2D eigenvalue weighted by atomic mass is 35.5. The Kier molecular flexibility index (Phi) is 6.86. The van der Waals surface area contributed by atoms with Crippen LogP contribution in [0.5, 0.6) is 5.75 Å². The van der Waals surface area contributed by atoms with Gasteiger partial charge in [-0.3, -0.25) is 4.98 Å². The van der Waals surface area contributed by atoms with E-state index in [1.54, 1.807) is 7.11 Å². The minimum absolute atomic E-state index is 0.753. The molecule has 0 saturated carbocycles. The summed E-state index contributed by atoms with van der Waals surface area (Å²) < 4.78 is 7.67. The molecule has 0 N–H and O–H groups in total. The van der Waals surface area contributed by atoms with Crippen LogP contribution in [0.15, 0.2) is 67.1 Å². The molecule has 5 nitrogen and oxygen atoms in total. The molecule has 0 aliphatic carbocycles. The van der Waals surface area contributed by atoms with Crippen LogP contribution in [-0.4, -0.2) is 66.2 Å². The Hall–Kier alpha value is -2.86. The third kappa shape index (κ3) is 4.97. The minimum Gasteiger partial charge on any atom is -0.497 e. The molecule has 0 bridgehead atoms. The molecule has 6 heteroatoms. The normalized spacial score (nSPS) is 15.1. The molecule has 34 heavy (non-hydrogen) atoms. The first-order valence-corrected chi connectivity index (χ1v) is 12.3. The van der Waals surface area contributed by atoms with E-state index in [0.29, 0.717) is 0 Å². The third-order valence-corrected chi connectivity index (χ3v) is 7.02. The Labute approximate surface area is 206 Å².